The van der Waals surface area contributed by atoms with Gasteiger partial charge in [-0.2, -0.15) is 0 Å². The Labute approximate surface area is 153 Å². The molecule has 1 saturated heterocycles. The van der Waals surface area contributed by atoms with Gasteiger partial charge in [0.2, 0.25) is 5.91 Å². The molecule has 2 rings (SSSR count). The first-order valence-electron chi connectivity index (χ1n) is 10.1. The zero-order chi connectivity index (χ0) is 17.9. The van der Waals surface area contributed by atoms with Crippen LogP contribution in [0.15, 0.2) is 4.99 Å². The lowest BCUT2D eigenvalue weighted by atomic mass is 9.86. The summed E-state index contributed by atoms with van der Waals surface area (Å²) in [6.07, 6.45) is 9.76. The maximum absolute atomic E-state index is 11.3. The summed E-state index contributed by atoms with van der Waals surface area (Å²) < 4.78 is 0. The fourth-order valence-electron chi connectivity index (χ4n) is 3.91. The number of amides is 1. The van der Waals surface area contributed by atoms with Gasteiger partial charge in [-0.05, 0) is 18.8 Å². The maximum atomic E-state index is 11.3. The predicted molar refractivity (Wildman–Crippen MR) is 104 cm³/mol. The minimum atomic E-state index is 0.190. The molecule has 2 N–H and O–H groups in total. The van der Waals surface area contributed by atoms with E-state index in [0.29, 0.717) is 0 Å². The topological polar surface area (TPSA) is 60.0 Å². The van der Waals surface area contributed by atoms with Crippen LogP contribution in [-0.2, 0) is 4.79 Å². The van der Waals surface area contributed by atoms with Crippen molar-refractivity contribution < 1.29 is 4.79 Å². The van der Waals surface area contributed by atoms with Crippen LogP contribution in [-0.4, -0.2) is 74.5 Å². The van der Waals surface area contributed by atoms with Crippen LogP contribution in [0.5, 0.6) is 0 Å². The lowest BCUT2D eigenvalue weighted by molar-refractivity contribution is -0.130. The summed E-state index contributed by atoms with van der Waals surface area (Å²) in [6, 6.07) is 0. The van der Waals surface area contributed by atoms with E-state index in [-0.39, 0.29) is 5.91 Å². The number of rotatable bonds is 7. The summed E-state index contributed by atoms with van der Waals surface area (Å²) in [4.78, 5) is 20.0. The van der Waals surface area contributed by atoms with Gasteiger partial charge >= 0.3 is 0 Å². The van der Waals surface area contributed by atoms with E-state index in [2.05, 4.69) is 20.5 Å². The van der Waals surface area contributed by atoms with Crippen molar-refractivity contribution in [2.45, 2.75) is 51.9 Å². The second-order valence-corrected chi connectivity index (χ2v) is 7.42. The van der Waals surface area contributed by atoms with E-state index in [1.165, 1.54) is 44.9 Å². The zero-order valence-corrected chi connectivity index (χ0v) is 16.2. The van der Waals surface area contributed by atoms with Gasteiger partial charge in [-0.3, -0.25) is 14.7 Å². The number of nitrogens with one attached hydrogen (secondary N) is 2. The van der Waals surface area contributed by atoms with E-state index >= 15 is 0 Å². The molecule has 1 aliphatic heterocycles. The van der Waals surface area contributed by atoms with E-state index in [4.69, 9.17) is 0 Å². The van der Waals surface area contributed by atoms with E-state index in [9.17, 15) is 4.79 Å². The van der Waals surface area contributed by atoms with Crippen molar-refractivity contribution in [1.29, 1.82) is 0 Å². The van der Waals surface area contributed by atoms with Crippen LogP contribution in [0.1, 0.15) is 51.9 Å². The molecule has 0 aromatic carbocycles. The van der Waals surface area contributed by atoms with Crippen LogP contribution in [0, 0.1) is 5.92 Å². The summed E-state index contributed by atoms with van der Waals surface area (Å²) in [6.45, 7) is 8.18. The normalized spacial score (nSPS) is 20.6. The number of carbonyl (C=O) groups excluding carboxylic acids is 1. The third kappa shape index (κ3) is 7.63. The molecule has 1 saturated carbocycles. The molecular weight excluding hydrogens is 314 g/mol. The number of nitrogens with zero attached hydrogens (tertiary/aromatic N) is 3. The van der Waals surface area contributed by atoms with Gasteiger partial charge in [0.25, 0.3) is 0 Å². The van der Waals surface area contributed by atoms with Crippen molar-refractivity contribution in [1.82, 2.24) is 20.4 Å². The lowest BCUT2D eigenvalue weighted by Gasteiger charge is -2.34. The Morgan fingerprint density at radius 1 is 1.04 bits per heavy atom. The molecule has 1 heterocycles. The summed E-state index contributed by atoms with van der Waals surface area (Å²) in [5.41, 5.74) is 0. The monoisotopic (exact) mass is 351 g/mol. The molecule has 2 aliphatic rings. The largest absolute Gasteiger partial charge is 0.356 e. The highest BCUT2D eigenvalue weighted by atomic mass is 16.2. The van der Waals surface area contributed by atoms with Crippen LogP contribution in [0.3, 0.4) is 0 Å². The van der Waals surface area contributed by atoms with Gasteiger partial charge in [0.05, 0.1) is 0 Å². The highest BCUT2D eigenvalue weighted by molar-refractivity contribution is 5.79. The van der Waals surface area contributed by atoms with Crippen molar-refractivity contribution in [2.75, 3.05) is 52.9 Å². The summed E-state index contributed by atoms with van der Waals surface area (Å²) in [5.74, 6) is 2.06. The molecule has 2 fully saturated rings. The van der Waals surface area contributed by atoms with Crippen LogP contribution < -0.4 is 10.6 Å². The van der Waals surface area contributed by atoms with Gasteiger partial charge < -0.3 is 15.5 Å². The standard InChI is InChI=1S/C19H37N5O/c1-17(25)24-15-13-23(14-16-24)12-11-22-19(20-2)21-10-6-9-18-7-4-3-5-8-18/h18H,3-16H2,1-2H3,(H2,20,21,22). The van der Waals surface area contributed by atoms with Crippen molar-refractivity contribution in [3.63, 3.8) is 0 Å². The van der Waals surface area contributed by atoms with E-state index in [1.807, 2.05) is 11.9 Å². The van der Waals surface area contributed by atoms with Crippen molar-refractivity contribution in [2.24, 2.45) is 10.9 Å². The van der Waals surface area contributed by atoms with Gasteiger partial charge in [0.15, 0.2) is 5.96 Å². The number of hydrogen-bond acceptors (Lipinski definition) is 3. The lowest BCUT2D eigenvalue weighted by Crippen LogP contribution is -2.50. The average molecular weight is 352 g/mol. The van der Waals surface area contributed by atoms with Crippen molar-refractivity contribution >= 4 is 11.9 Å². The second kappa shape index (κ2) is 11.3. The highest BCUT2D eigenvalue weighted by Gasteiger charge is 2.18. The molecule has 0 radical (unpaired) electrons. The van der Waals surface area contributed by atoms with Crippen molar-refractivity contribution in [3.05, 3.63) is 0 Å². The summed E-state index contributed by atoms with van der Waals surface area (Å²) >= 11 is 0. The number of aliphatic imine (C=N–C) groups is 1. The minimum absolute atomic E-state index is 0.190. The van der Waals surface area contributed by atoms with Gasteiger partial charge in [-0.15, -0.1) is 0 Å². The molecule has 1 aliphatic carbocycles. The molecule has 0 spiro atoms. The Bertz CT molecular complexity index is 412. The first kappa shape index (κ1) is 20.0. The molecule has 0 bridgehead atoms. The van der Waals surface area contributed by atoms with Crippen LogP contribution in [0.4, 0.5) is 0 Å². The van der Waals surface area contributed by atoms with E-state index in [1.54, 1.807) is 6.92 Å². The van der Waals surface area contributed by atoms with E-state index < -0.39 is 0 Å². The molecule has 0 aromatic heterocycles. The smallest absolute Gasteiger partial charge is 0.219 e. The number of piperazine rings is 1. The fraction of sp³-hybridized carbons (Fsp3) is 0.895. The molecule has 6 nitrogen and oxygen atoms in total. The Morgan fingerprint density at radius 3 is 2.36 bits per heavy atom. The SMILES string of the molecule is CN=C(NCCCC1CCCCC1)NCCN1CCN(C(C)=O)CC1. The number of carbonyl (C=O) groups is 1. The average Bonchev–Trinajstić information content (AvgIpc) is 2.65. The Morgan fingerprint density at radius 2 is 1.72 bits per heavy atom. The van der Waals surface area contributed by atoms with Crippen LogP contribution >= 0.6 is 0 Å². The Kier molecular flexibility index (Phi) is 9.08. The van der Waals surface area contributed by atoms with Gasteiger partial charge in [0.1, 0.15) is 0 Å². The van der Waals surface area contributed by atoms with Crippen molar-refractivity contribution in [3.8, 4) is 0 Å². The summed E-state index contributed by atoms with van der Waals surface area (Å²) in [5, 5.41) is 6.84. The third-order valence-electron chi connectivity index (χ3n) is 5.57. The first-order chi connectivity index (χ1) is 12.2. The zero-order valence-electron chi connectivity index (χ0n) is 16.2. The molecule has 0 atom stereocenters. The molecule has 25 heavy (non-hydrogen) atoms. The second-order valence-electron chi connectivity index (χ2n) is 7.42. The Hall–Kier alpha value is -1.30. The van der Waals surface area contributed by atoms with E-state index in [0.717, 1.165) is 57.7 Å². The first-order valence-corrected chi connectivity index (χ1v) is 10.1. The van der Waals surface area contributed by atoms with Crippen LogP contribution in [0.25, 0.3) is 0 Å². The minimum Gasteiger partial charge on any atom is -0.356 e. The number of hydrogen-bond donors (Lipinski definition) is 2. The van der Waals surface area contributed by atoms with Gasteiger partial charge in [0, 0.05) is 59.8 Å². The molecule has 1 amide bonds. The quantitative estimate of drug-likeness (QED) is 0.416. The summed E-state index contributed by atoms with van der Waals surface area (Å²) in [7, 11) is 1.84. The van der Waals surface area contributed by atoms with Gasteiger partial charge in [-0.1, -0.05) is 32.1 Å². The number of guanidine groups is 1. The molecule has 6 heteroatoms. The Balaban J connectivity index is 1.51. The predicted octanol–water partition coefficient (Wildman–Crippen LogP) is 1.68. The maximum Gasteiger partial charge on any atom is 0.219 e. The van der Waals surface area contributed by atoms with Crippen LogP contribution in [0.2, 0.25) is 0 Å². The molecule has 0 unspecified atom stereocenters. The molecular formula is C19H37N5O. The fourth-order valence-corrected chi connectivity index (χ4v) is 3.91. The molecule has 144 valence electrons. The van der Waals surface area contributed by atoms with Gasteiger partial charge in [-0.25, -0.2) is 0 Å². The highest BCUT2D eigenvalue weighted by Crippen LogP contribution is 2.26. The molecule has 0 aromatic rings. The third-order valence-corrected chi connectivity index (χ3v) is 5.57.